The van der Waals surface area contributed by atoms with E-state index in [1.165, 1.54) is 44.5 Å². The fourth-order valence-corrected chi connectivity index (χ4v) is 14.2. The zero-order chi connectivity index (χ0) is 53.5. The Bertz CT molecular complexity index is 4870. The van der Waals surface area contributed by atoms with Gasteiger partial charge in [-0.25, -0.2) is 0 Å². The molecule has 0 saturated heterocycles. The quantitative estimate of drug-likeness (QED) is 0.165. The molecule has 6 heteroatoms. The molecule has 0 aliphatic heterocycles. The first-order valence-electron chi connectivity index (χ1n) is 27.7. The molecule has 382 valence electrons. The number of aryl methyl sites for hydroxylation is 2. The van der Waals surface area contributed by atoms with Crippen molar-refractivity contribution in [2.24, 2.45) is 0 Å². The maximum Gasteiger partial charge on any atom is 0.160 e. The second-order valence-corrected chi connectivity index (χ2v) is 23.2. The van der Waals surface area contributed by atoms with Gasteiger partial charge in [-0.1, -0.05) is 161 Å². The molecule has 4 aromatic heterocycles. The molecule has 0 bridgehead atoms. The minimum absolute atomic E-state index is 0.443. The van der Waals surface area contributed by atoms with Crippen LogP contribution in [-0.4, -0.2) is 0 Å². The molecular formula is C74H52N2O4. The molecule has 0 spiro atoms. The van der Waals surface area contributed by atoms with Crippen molar-refractivity contribution < 1.29 is 17.7 Å². The van der Waals surface area contributed by atoms with E-state index < -0.39 is 10.8 Å². The smallest absolute Gasteiger partial charge is 0.160 e. The van der Waals surface area contributed by atoms with Gasteiger partial charge in [-0.2, -0.15) is 0 Å². The molecule has 0 saturated carbocycles. The third-order valence-electron chi connectivity index (χ3n) is 18.1. The van der Waals surface area contributed by atoms with Gasteiger partial charge in [-0.15, -0.1) is 0 Å². The van der Waals surface area contributed by atoms with Crippen LogP contribution in [0, 0.1) is 13.8 Å². The first kappa shape index (κ1) is 45.3. The Balaban J connectivity index is 0.931. The summed E-state index contributed by atoms with van der Waals surface area (Å²) in [7, 11) is 0. The lowest BCUT2D eigenvalue weighted by Crippen LogP contribution is -2.18. The van der Waals surface area contributed by atoms with E-state index >= 15 is 0 Å². The van der Waals surface area contributed by atoms with Gasteiger partial charge < -0.3 is 27.5 Å². The Kier molecular flexibility index (Phi) is 9.01. The minimum Gasteiger partial charge on any atom is -0.454 e. The number of furan rings is 4. The zero-order valence-electron chi connectivity index (χ0n) is 45.2. The molecule has 0 amide bonds. The molecule has 6 nitrogen and oxygen atoms in total. The topological polar surface area (TPSA) is 59.0 Å². The SMILES string of the molecule is Cc1ccccc1N(c1cccc2c1oc1ccccc12)c1cc2c(c3c1oc1ccccc13)-c1cc3c(cc1C2(C)C)-c1c(cc(N(c2ccccc2C)c2cccc4c2oc2ccccc24)c2oc4ccccc4c12)C3(C)C. The monoisotopic (exact) mass is 1030 g/mol. The van der Waals surface area contributed by atoms with Crippen LogP contribution in [0.3, 0.4) is 0 Å². The van der Waals surface area contributed by atoms with E-state index in [1.807, 2.05) is 12.1 Å². The highest BCUT2D eigenvalue weighted by Crippen LogP contribution is 2.63. The predicted molar refractivity (Wildman–Crippen MR) is 330 cm³/mol. The molecule has 0 atom stereocenters. The number of fused-ring (bicyclic) bond motifs is 20. The van der Waals surface area contributed by atoms with Gasteiger partial charge in [-0.3, -0.25) is 0 Å². The summed E-state index contributed by atoms with van der Waals surface area (Å²) in [4.78, 5) is 4.77. The van der Waals surface area contributed by atoms with Gasteiger partial charge in [-0.05, 0) is 142 Å². The Morgan fingerprint density at radius 2 is 0.613 bits per heavy atom. The van der Waals surface area contributed by atoms with Crippen molar-refractivity contribution in [3.05, 3.63) is 240 Å². The fourth-order valence-electron chi connectivity index (χ4n) is 14.2. The molecule has 17 rings (SSSR count). The average molecular weight is 1030 g/mol. The van der Waals surface area contributed by atoms with Gasteiger partial charge in [0.2, 0.25) is 0 Å². The molecule has 80 heavy (non-hydrogen) atoms. The minimum atomic E-state index is -0.443. The van der Waals surface area contributed by atoms with Crippen LogP contribution < -0.4 is 9.80 Å². The lowest BCUT2D eigenvalue weighted by molar-refractivity contribution is 0.649. The van der Waals surface area contributed by atoms with Crippen LogP contribution in [0.5, 0.6) is 0 Å². The number of benzene rings is 11. The summed E-state index contributed by atoms with van der Waals surface area (Å²) in [5.41, 5.74) is 24.1. The first-order valence-corrected chi connectivity index (χ1v) is 27.7. The number of nitrogens with zero attached hydrogens (tertiary/aromatic N) is 2. The number of hydrogen-bond donors (Lipinski definition) is 0. The van der Waals surface area contributed by atoms with Gasteiger partial charge in [0, 0.05) is 65.3 Å². The van der Waals surface area contributed by atoms with E-state index in [1.54, 1.807) is 0 Å². The number of rotatable bonds is 6. The second kappa shape index (κ2) is 15.9. The van der Waals surface area contributed by atoms with Crippen LogP contribution in [0.4, 0.5) is 34.1 Å². The maximum atomic E-state index is 7.26. The Labute approximate surface area is 461 Å². The normalized spacial score (nSPS) is 14.1. The standard InChI is InChI=1S/C74H52N2O4/c1-41-21-7-13-29-55(41)75(57-31-19-27-45-43-23-9-15-33-61(43)77-69(45)57)59-39-53-65(67-47-25-11-17-35-63(47)79-71(59)67)49-37-52-50(38-51(49)73(53,3)4)66-54(74(52,5)6)40-60(72-68(66)48-26-12-18-36-64(48)80-72)76(56-30-14-8-22-42(56)2)58-32-20-28-46-44-24-10-16-34-62(44)78-70(46)58/h7-40H,1-6H3. The van der Waals surface area contributed by atoms with E-state index in [4.69, 9.17) is 17.7 Å². The van der Waals surface area contributed by atoms with Crippen LogP contribution in [0.2, 0.25) is 0 Å². The average Bonchev–Trinajstić information content (AvgIpc) is 3.28. The van der Waals surface area contributed by atoms with Crippen molar-refractivity contribution in [1.82, 2.24) is 0 Å². The molecule has 0 radical (unpaired) electrons. The summed E-state index contributed by atoms with van der Waals surface area (Å²) in [6, 6.07) is 74.0. The van der Waals surface area contributed by atoms with Crippen molar-refractivity contribution in [2.75, 3.05) is 9.80 Å². The van der Waals surface area contributed by atoms with Crippen molar-refractivity contribution >= 4 is 122 Å². The summed E-state index contributed by atoms with van der Waals surface area (Å²) in [6.45, 7) is 14.0. The Hall–Kier alpha value is -9.78. The van der Waals surface area contributed by atoms with E-state index in [2.05, 4.69) is 245 Å². The highest BCUT2D eigenvalue weighted by molar-refractivity contribution is 6.23. The molecular weight excluding hydrogens is 981 g/mol. The van der Waals surface area contributed by atoms with Gasteiger partial charge >= 0.3 is 0 Å². The Morgan fingerprint density at radius 3 is 1.02 bits per heavy atom. The first-order chi connectivity index (χ1) is 39.0. The maximum absolute atomic E-state index is 7.26. The van der Waals surface area contributed by atoms with Gasteiger partial charge in [0.1, 0.15) is 22.3 Å². The zero-order valence-corrected chi connectivity index (χ0v) is 45.2. The van der Waals surface area contributed by atoms with Crippen LogP contribution in [0.15, 0.2) is 224 Å². The van der Waals surface area contributed by atoms with E-state index in [9.17, 15) is 0 Å². The number of para-hydroxylation sites is 8. The lowest BCUT2D eigenvalue weighted by Gasteiger charge is -2.29. The van der Waals surface area contributed by atoms with Gasteiger partial charge in [0.05, 0.1) is 22.7 Å². The number of hydrogen-bond acceptors (Lipinski definition) is 6. The largest absolute Gasteiger partial charge is 0.454 e. The summed E-state index contributed by atoms with van der Waals surface area (Å²) in [5.74, 6) is 0. The lowest BCUT2D eigenvalue weighted by atomic mass is 9.79. The summed E-state index contributed by atoms with van der Waals surface area (Å²) in [5, 5.41) is 8.73. The van der Waals surface area contributed by atoms with Crippen molar-refractivity contribution in [1.29, 1.82) is 0 Å². The van der Waals surface area contributed by atoms with Crippen LogP contribution >= 0.6 is 0 Å². The molecule has 2 aliphatic rings. The van der Waals surface area contributed by atoms with E-state index in [0.29, 0.717) is 0 Å². The summed E-state index contributed by atoms with van der Waals surface area (Å²) < 4.78 is 28.2. The summed E-state index contributed by atoms with van der Waals surface area (Å²) in [6.07, 6.45) is 0. The van der Waals surface area contributed by atoms with E-state index in [0.717, 1.165) is 133 Å². The van der Waals surface area contributed by atoms with Crippen molar-refractivity contribution in [2.45, 2.75) is 52.4 Å². The highest BCUT2D eigenvalue weighted by Gasteiger charge is 2.46. The molecule has 0 N–H and O–H groups in total. The van der Waals surface area contributed by atoms with Crippen LogP contribution in [0.1, 0.15) is 61.1 Å². The van der Waals surface area contributed by atoms with Crippen LogP contribution in [-0.2, 0) is 10.8 Å². The highest BCUT2D eigenvalue weighted by atomic mass is 16.3. The van der Waals surface area contributed by atoms with Crippen molar-refractivity contribution in [3.8, 4) is 22.3 Å². The summed E-state index contributed by atoms with van der Waals surface area (Å²) >= 11 is 0. The molecule has 11 aromatic carbocycles. The second-order valence-electron chi connectivity index (χ2n) is 23.2. The third kappa shape index (κ3) is 5.92. The predicted octanol–water partition coefficient (Wildman–Crippen LogP) is 21.5. The molecule has 15 aromatic rings. The van der Waals surface area contributed by atoms with Crippen molar-refractivity contribution in [3.63, 3.8) is 0 Å². The Morgan fingerprint density at radius 1 is 0.287 bits per heavy atom. The molecule has 0 unspecified atom stereocenters. The van der Waals surface area contributed by atoms with E-state index in [-0.39, 0.29) is 0 Å². The van der Waals surface area contributed by atoms with Gasteiger partial charge in [0.25, 0.3) is 0 Å². The molecule has 0 fully saturated rings. The third-order valence-corrected chi connectivity index (χ3v) is 18.1. The molecule has 2 aliphatic carbocycles. The number of anilines is 6. The van der Waals surface area contributed by atoms with Gasteiger partial charge in [0.15, 0.2) is 22.3 Å². The fraction of sp³-hybridized carbons (Fsp3) is 0.108. The van der Waals surface area contributed by atoms with Crippen LogP contribution in [0.25, 0.3) is 110 Å². The molecule has 4 heterocycles.